The summed E-state index contributed by atoms with van der Waals surface area (Å²) in [5.41, 5.74) is 1.58. The number of nitrogens with zero attached hydrogens (tertiary/aromatic N) is 4. The summed E-state index contributed by atoms with van der Waals surface area (Å²) in [6, 6.07) is 10.1. The van der Waals surface area contributed by atoms with Crippen LogP contribution in [0.2, 0.25) is 0 Å². The normalized spacial score (nSPS) is 11.1. The Morgan fingerprint density at radius 1 is 1.14 bits per heavy atom. The Labute approximate surface area is 185 Å². The van der Waals surface area contributed by atoms with Gasteiger partial charge in [0, 0.05) is 31.9 Å². The maximum Gasteiger partial charge on any atom is 0.251 e. The van der Waals surface area contributed by atoms with E-state index in [4.69, 9.17) is 0 Å². The molecule has 29 heavy (non-hydrogen) atoms. The highest BCUT2D eigenvalue weighted by Gasteiger charge is 2.08. The van der Waals surface area contributed by atoms with Gasteiger partial charge in [0.05, 0.1) is 6.54 Å². The van der Waals surface area contributed by atoms with E-state index in [1.54, 1.807) is 26.1 Å². The number of fused-ring (bicyclic) bond motifs is 1. The molecule has 1 aromatic carbocycles. The van der Waals surface area contributed by atoms with Crippen molar-refractivity contribution < 1.29 is 9.18 Å². The van der Waals surface area contributed by atoms with E-state index in [0.717, 1.165) is 11.5 Å². The molecule has 1 amide bonds. The maximum atomic E-state index is 13.6. The van der Waals surface area contributed by atoms with Crippen molar-refractivity contribution in [2.45, 2.75) is 13.5 Å². The molecule has 0 aliphatic heterocycles. The number of aromatic nitrogens is 3. The third-order valence-electron chi connectivity index (χ3n) is 4.16. The first-order chi connectivity index (χ1) is 13.6. The number of aliphatic imine (C=N–C) groups is 1. The lowest BCUT2D eigenvalue weighted by atomic mass is 10.1. The van der Waals surface area contributed by atoms with Crippen LogP contribution in [0.5, 0.6) is 0 Å². The Kier molecular flexibility index (Phi) is 8.31. The van der Waals surface area contributed by atoms with E-state index in [1.165, 1.54) is 6.07 Å². The average Bonchev–Trinajstić information content (AvgIpc) is 3.12. The summed E-state index contributed by atoms with van der Waals surface area (Å²) < 4.78 is 15.4. The minimum atomic E-state index is -0.392. The van der Waals surface area contributed by atoms with E-state index in [9.17, 15) is 9.18 Å². The summed E-state index contributed by atoms with van der Waals surface area (Å²) in [5, 5.41) is 17.2. The third kappa shape index (κ3) is 5.86. The standard InChI is InChI=1S/C19H22FN7O.HI/c1-13-6-7-14(11-15(13)20)18(28)22-8-9-23-19(21-2)24-12-17-26-25-16-5-3-4-10-27(16)17;/h3-7,10-11H,8-9,12H2,1-2H3,(H,22,28)(H2,21,23,24);1H. The van der Waals surface area contributed by atoms with Crippen LogP contribution < -0.4 is 16.0 Å². The van der Waals surface area contributed by atoms with Crippen molar-refractivity contribution in [2.75, 3.05) is 20.1 Å². The summed E-state index contributed by atoms with van der Waals surface area (Å²) in [5.74, 6) is 0.617. The number of halogens is 2. The number of hydrogen-bond donors (Lipinski definition) is 3. The number of aryl methyl sites for hydroxylation is 1. The molecular weight excluding hydrogens is 488 g/mol. The first-order valence-corrected chi connectivity index (χ1v) is 8.86. The van der Waals surface area contributed by atoms with Gasteiger partial charge in [0.15, 0.2) is 17.4 Å². The van der Waals surface area contributed by atoms with Crippen LogP contribution in [0.25, 0.3) is 5.65 Å². The lowest BCUT2D eigenvalue weighted by molar-refractivity contribution is 0.0954. The van der Waals surface area contributed by atoms with Gasteiger partial charge in [0.25, 0.3) is 5.91 Å². The Balaban J connectivity index is 0.00000300. The van der Waals surface area contributed by atoms with Gasteiger partial charge in [-0.2, -0.15) is 0 Å². The fraction of sp³-hybridized carbons (Fsp3) is 0.263. The molecule has 0 aliphatic rings. The number of rotatable bonds is 6. The molecule has 0 atom stereocenters. The summed E-state index contributed by atoms with van der Waals surface area (Å²) >= 11 is 0. The van der Waals surface area contributed by atoms with Crippen LogP contribution in [0.15, 0.2) is 47.6 Å². The van der Waals surface area contributed by atoms with Crippen LogP contribution in [0.1, 0.15) is 21.7 Å². The predicted molar refractivity (Wildman–Crippen MR) is 120 cm³/mol. The van der Waals surface area contributed by atoms with Crippen molar-refractivity contribution in [3.05, 3.63) is 65.4 Å². The number of benzene rings is 1. The zero-order valence-corrected chi connectivity index (χ0v) is 18.5. The summed E-state index contributed by atoms with van der Waals surface area (Å²) in [6.07, 6.45) is 1.89. The molecule has 8 nitrogen and oxygen atoms in total. The molecule has 0 spiro atoms. The van der Waals surface area contributed by atoms with Crippen LogP contribution in [0.4, 0.5) is 4.39 Å². The summed E-state index contributed by atoms with van der Waals surface area (Å²) in [7, 11) is 1.66. The molecule has 3 aromatic rings. The highest BCUT2D eigenvalue weighted by molar-refractivity contribution is 14.0. The molecule has 0 aliphatic carbocycles. The Morgan fingerprint density at radius 2 is 1.93 bits per heavy atom. The fourth-order valence-electron chi connectivity index (χ4n) is 2.59. The second kappa shape index (κ2) is 10.7. The largest absolute Gasteiger partial charge is 0.355 e. The number of pyridine rings is 1. The number of nitrogens with one attached hydrogen (secondary N) is 3. The molecule has 0 saturated carbocycles. The topological polar surface area (TPSA) is 95.7 Å². The average molecular weight is 511 g/mol. The molecule has 0 radical (unpaired) electrons. The van der Waals surface area contributed by atoms with Gasteiger partial charge in [-0.3, -0.25) is 14.2 Å². The van der Waals surface area contributed by atoms with E-state index < -0.39 is 5.82 Å². The predicted octanol–water partition coefficient (Wildman–Crippen LogP) is 1.89. The zero-order chi connectivity index (χ0) is 19.9. The van der Waals surface area contributed by atoms with Gasteiger partial charge in [0.1, 0.15) is 5.82 Å². The molecule has 0 unspecified atom stereocenters. The minimum Gasteiger partial charge on any atom is -0.355 e. The number of hydrogen-bond acceptors (Lipinski definition) is 4. The van der Waals surface area contributed by atoms with Gasteiger partial charge >= 0.3 is 0 Å². The third-order valence-corrected chi connectivity index (χ3v) is 4.16. The van der Waals surface area contributed by atoms with E-state index in [1.807, 2.05) is 28.8 Å². The Hall–Kier alpha value is -2.76. The molecule has 0 saturated heterocycles. The van der Waals surface area contributed by atoms with Crippen molar-refractivity contribution in [1.29, 1.82) is 0 Å². The van der Waals surface area contributed by atoms with Gasteiger partial charge < -0.3 is 16.0 Å². The van der Waals surface area contributed by atoms with Gasteiger partial charge in [-0.15, -0.1) is 34.2 Å². The molecule has 2 heterocycles. The number of amides is 1. The fourth-order valence-corrected chi connectivity index (χ4v) is 2.59. The van der Waals surface area contributed by atoms with Crippen molar-refractivity contribution >= 4 is 41.5 Å². The zero-order valence-electron chi connectivity index (χ0n) is 16.1. The quantitative estimate of drug-likeness (QED) is 0.204. The van der Waals surface area contributed by atoms with Crippen molar-refractivity contribution in [1.82, 2.24) is 30.5 Å². The summed E-state index contributed by atoms with van der Waals surface area (Å²) in [4.78, 5) is 16.2. The second-order valence-electron chi connectivity index (χ2n) is 6.12. The highest BCUT2D eigenvalue weighted by Crippen LogP contribution is 2.08. The van der Waals surface area contributed by atoms with Gasteiger partial charge in [-0.05, 0) is 36.8 Å². The molecule has 2 aromatic heterocycles. The van der Waals surface area contributed by atoms with Crippen molar-refractivity contribution in [3.8, 4) is 0 Å². The first kappa shape index (κ1) is 22.5. The molecule has 3 rings (SSSR count). The lowest BCUT2D eigenvalue weighted by Crippen LogP contribution is -2.41. The highest BCUT2D eigenvalue weighted by atomic mass is 127. The molecule has 10 heteroatoms. The first-order valence-electron chi connectivity index (χ1n) is 8.86. The van der Waals surface area contributed by atoms with Crippen molar-refractivity contribution in [2.24, 2.45) is 4.99 Å². The smallest absolute Gasteiger partial charge is 0.251 e. The second-order valence-corrected chi connectivity index (χ2v) is 6.12. The number of carbonyl (C=O) groups excluding carboxylic acids is 1. The van der Waals surface area contributed by atoms with E-state index in [0.29, 0.717) is 36.7 Å². The van der Waals surface area contributed by atoms with Crippen LogP contribution in [0, 0.1) is 12.7 Å². The lowest BCUT2D eigenvalue weighted by Gasteiger charge is -2.12. The van der Waals surface area contributed by atoms with Crippen LogP contribution in [-0.2, 0) is 6.54 Å². The van der Waals surface area contributed by atoms with Crippen LogP contribution in [0.3, 0.4) is 0 Å². The number of guanidine groups is 1. The van der Waals surface area contributed by atoms with Gasteiger partial charge in [0.2, 0.25) is 0 Å². The molecule has 154 valence electrons. The van der Waals surface area contributed by atoms with Crippen LogP contribution in [-0.4, -0.2) is 46.6 Å². The monoisotopic (exact) mass is 511 g/mol. The minimum absolute atomic E-state index is 0. The Morgan fingerprint density at radius 3 is 2.69 bits per heavy atom. The van der Waals surface area contributed by atoms with Gasteiger partial charge in [-0.1, -0.05) is 12.1 Å². The molecule has 0 fully saturated rings. The van der Waals surface area contributed by atoms with E-state index in [-0.39, 0.29) is 29.9 Å². The van der Waals surface area contributed by atoms with E-state index >= 15 is 0 Å². The summed E-state index contributed by atoms with van der Waals surface area (Å²) in [6.45, 7) is 2.92. The molecule has 0 bridgehead atoms. The SMILES string of the molecule is CN=C(NCCNC(=O)c1ccc(C)c(F)c1)NCc1nnc2ccccn12.I. The van der Waals surface area contributed by atoms with Gasteiger partial charge in [-0.25, -0.2) is 4.39 Å². The van der Waals surface area contributed by atoms with E-state index in [2.05, 4.69) is 31.1 Å². The Bertz CT molecular complexity index is 1010. The van der Waals surface area contributed by atoms with Crippen molar-refractivity contribution in [3.63, 3.8) is 0 Å². The molecular formula is C19H23FIN7O. The number of carbonyl (C=O) groups is 1. The maximum absolute atomic E-state index is 13.6. The molecule has 3 N–H and O–H groups in total. The van der Waals surface area contributed by atoms with Crippen LogP contribution >= 0.6 is 24.0 Å².